The maximum atomic E-state index is 12.0. The molecule has 1 rings (SSSR count). The molecule has 0 aliphatic carbocycles. The summed E-state index contributed by atoms with van der Waals surface area (Å²) in [4.78, 5) is 27.1. The fraction of sp³-hybridized carbons (Fsp3) is 0.533. The van der Waals surface area contributed by atoms with Crippen LogP contribution in [0.2, 0.25) is 0 Å². The minimum absolute atomic E-state index is 0.101. The van der Waals surface area contributed by atoms with E-state index in [2.05, 4.69) is 10.3 Å². The molecule has 0 saturated heterocycles. The Hall–Kier alpha value is -2.15. The van der Waals surface area contributed by atoms with Crippen LogP contribution in [0.1, 0.15) is 30.1 Å². The number of ether oxygens (including phenoxy) is 2. The number of carboxylic acids is 1. The number of aliphatic carboxylic acids is 1. The number of carboxylic acid groups (broad SMARTS) is 1. The van der Waals surface area contributed by atoms with Crippen molar-refractivity contribution < 1.29 is 24.2 Å². The van der Waals surface area contributed by atoms with Gasteiger partial charge in [0.1, 0.15) is 6.61 Å². The van der Waals surface area contributed by atoms with Crippen molar-refractivity contribution in [3.63, 3.8) is 0 Å². The van der Waals surface area contributed by atoms with E-state index in [0.717, 1.165) is 6.42 Å². The first-order valence-corrected chi connectivity index (χ1v) is 7.17. The van der Waals surface area contributed by atoms with Gasteiger partial charge in [0.2, 0.25) is 5.88 Å². The van der Waals surface area contributed by atoms with Crippen LogP contribution in [0.25, 0.3) is 0 Å². The Morgan fingerprint density at radius 3 is 2.82 bits per heavy atom. The first-order chi connectivity index (χ1) is 10.6. The average Bonchev–Trinajstić information content (AvgIpc) is 2.51. The molecule has 1 atom stereocenters. The number of carbonyl (C=O) groups is 2. The third-order valence-electron chi connectivity index (χ3n) is 3.03. The molecule has 0 radical (unpaired) electrons. The van der Waals surface area contributed by atoms with Crippen molar-refractivity contribution in [2.75, 3.05) is 26.9 Å². The highest BCUT2D eigenvalue weighted by molar-refractivity contribution is 5.94. The smallest absolute Gasteiger partial charge is 0.308 e. The van der Waals surface area contributed by atoms with Gasteiger partial charge in [0.05, 0.1) is 12.5 Å². The number of nitrogens with one attached hydrogen (secondary N) is 1. The molecule has 0 saturated carbocycles. The fourth-order valence-corrected chi connectivity index (χ4v) is 1.84. The van der Waals surface area contributed by atoms with Gasteiger partial charge in [-0.1, -0.05) is 13.3 Å². The predicted octanol–water partition coefficient (Wildman–Crippen LogP) is 1.34. The van der Waals surface area contributed by atoms with E-state index in [1.165, 1.54) is 12.3 Å². The Bertz CT molecular complexity index is 493. The molecule has 1 unspecified atom stereocenters. The van der Waals surface area contributed by atoms with Crippen molar-refractivity contribution >= 4 is 11.9 Å². The first-order valence-electron chi connectivity index (χ1n) is 7.17. The van der Waals surface area contributed by atoms with Crippen LogP contribution in [0.3, 0.4) is 0 Å². The Balaban J connectivity index is 2.57. The van der Waals surface area contributed by atoms with Gasteiger partial charge in [0.15, 0.2) is 0 Å². The minimum Gasteiger partial charge on any atom is -0.481 e. The zero-order valence-corrected chi connectivity index (χ0v) is 12.9. The predicted molar refractivity (Wildman–Crippen MR) is 80.0 cm³/mol. The van der Waals surface area contributed by atoms with Crippen molar-refractivity contribution in [2.45, 2.75) is 19.8 Å². The molecule has 7 nitrogen and oxygen atoms in total. The highest BCUT2D eigenvalue weighted by Crippen LogP contribution is 2.10. The molecule has 122 valence electrons. The number of rotatable bonds is 10. The summed E-state index contributed by atoms with van der Waals surface area (Å²) in [6.45, 7) is 2.77. The number of amides is 1. The summed E-state index contributed by atoms with van der Waals surface area (Å²) in [5.41, 5.74) is 0.378. The van der Waals surface area contributed by atoms with Crippen molar-refractivity contribution in [3.05, 3.63) is 23.9 Å². The van der Waals surface area contributed by atoms with E-state index in [9.17, 15) is 9.59 Å². The van der Waals surface area contributed by atoms with Gasteiger partial charge < -0.3 is 19.9 Å². The van der Waals surface area contributed by atoms with Crippen LogP contribution < -0.4 is 10.1 Å². The van der Waals surface area contributed by atoms with Crippen molar-refractivity contribution in [1.82, 2.24) is 10.3 Å². The SMILES string of the molecule is CCCC(CNC(=O)c1ccnc(OCCOC)c1)C(=O)O. The Morgan fingerprint density at radius 1 is 1.41 bits per heavy atom. The van der Waals surface area contributed by atoms with Crippen LogP contribution in [0.5, 0.6) is 5.88 Å². The summed E-state index contributed by atoms with van der Waals surface area (Å²) in [6, 6.07) is 3.06. The third-order valence-corrected chi connectivity index (χ3v) is 3.03. The van der Waals surface area contributed by atoms with Crippen LogP contribution in [0, 0.1) is 5.92 Å². The van der Waals surface area contributed by atoms with Gasteiger partial charge in [-0.05, 0) is 12.5 Å². The Morgan fingerprint density at radius 2 is 2.18 bits per heavy atom. The highest BCUT2D eigenvalue weighted by atomic mass is 16.5. The lowest BCUT2D eigenvalue weighted by molar-refractivity contribution is -0.141. The highest BCUT2D eigenvalue weighted by Gasteiger charge is 2.17. The van der Waals surface area contributed by atoms with Crippen molar-refractivity contribution in [2.24, 2.45) is 5.92 Å². The molecule has 7 heteroatoms. The molecule has 0 fully saturated rings. The molecule has 0 aromatic carbocycles. The molecule has 2 N–H and O–H groups in total. The molecule has 1 aromatic rings. The van der Waals surface area contributed by atoms with Gasteiger partial charge >= 0.3 is 5.97 Å². The summed E-state index contributed by atoms with van der Waals surface area (Å²) in [5.74, 6) is -1.50. The number of hydrogen-bond acceptors (Lipinski definition) is 5. The minimum atomic E-state index is -0.902. The second kappa shape index (κ2) is 9.73. The standard InChI is InChI=1S/C15H22N2O5/c1-3-4-12(15(19)20)10-17-14(18)11-5-6-16-13(9-11)22-8-7-21-2/h5-6,9,12H,3-4,7-8,10H2,1-2H3,(H,17,18)(H,19,20). The summed E-state index contributed by atoms with van der Waals surface area (Å²) >= 11 is 0. The van der Waals surface area contributed by atoms with Gasteiger partial charge in [-0.2, -0.15) is 0 Å². The van der Waals surface area contributed by atoms with Crippen molar-refractivity contribution in [1.29, 1.82) is 0 Å². The quantitative estimate of drug-likeness (QED) is 0.633. The van der Waals surface area contributed by atoms with Crippen LogP contribution in [-0.2, 0) is 9.53 Å². The Labute approximate surface area is 129 Å². The maximum absolute atomic E-state index is 12.0. The average molecular weight is 310 g/mol. The van der Waals surface area contributed by atoms with Gasteiger partial charge in [0.25, 0.3) is 5.91 Å². The number of methoxy groups -OCH3 is 1. The van der Waals surface area contributed by atoms with E-state index < -0.39 is 11.9 Å². The lowest BCUT2D eigenvalue weighted by atomic mass is 10.0. The van der Waals surface area contributed by atoms with Gasteiger partial charge in [-0.15, -0.1) is 0 Å². The van der Waals surface area contributed by atoms with E-state index in [1.54, 1.807) is 13.2 Å². The normalized spacial score (nSPS) is 11.7. The molecular formula is C15H22N2O5. The first kappa shape index (κ1) is 17.9. The molecule has 22 heavy (non-hydrogen) atoms. The lowest BCUT2D eigenvalue weighted by Gasteiger charge is -2.12. The fourth-order valence-electron chi connectivity index (χ4n) is 1.84. The van der Waals surface area contributed by atoms with Crippen LogP contribution >= 0.6 is 0 Å². The Kier molecular flexibility index (Phi) is 7.91. The zero-order valence-electron chi connectivity index (χ0n) is 12.9. The van der Waals surface area contributed by atoms with Gasteiger partial charge in [0, 0.05) is 31.5 Å². The number of carbonyl (C=O) groups excluding carboxylic acids is 1. The van der Waals surface area contributed by atoms with Gasteiger partial charge in [-0.3, -0.25) is 9.59 Å². The number of hydrogen-bond donors (Lipinski definition) is 2. The van der Waals surface area contributed by atoms with E-state index >= 15 is 0 Å². The molecule has 1 aromatic heterocycles. The second-order valence-corrected chi connectivity index (χ2v) is 4.76. The maximum Gasteiger partial charge on any atom is 0.308 e. The van der Waals surface area contributed by atoms with E-state index in [-0.39, 0.29) is 12.5 Å². The number of pyridine rings is 1. The summed E-state index contributed by atoms with van der Waals surface area (Å²) in [7, 11) is 1.57. The van der Waals surface area contributed by atoms with Crippen LogP contribution in [0.4, 0.5) is 0 Å². The van der Waals surface area contributed by atoms with Crippen LogP contribution in [-0.4, -0.2) is 48.8 Å². The molecule has 1 heterocycles. The van der Waals surface area contributed by atoms with E-state index in [4.69, 9.17) is 14.6 Å². The largest absolute Gasteiger partial charge is 0.481 e. The molecule has 0 bridgehead atoms. The zero-order chi connectivity index (χ0) is 16.4. The monoisotopic (exact) mass is 310 g/mol. The topological polar surface area (TPSA) is 97.8 Å². The van der Waals surface area contributed by atoms with E-state index in [0.29, 0.717) is 31.1 Å². The molecule has 0 aliphatic rings. The molecule has 0 spiro atoms. The number of nitrogens with zero attached hydrogens (tertiary/aromatic N) is 1. The molecule has 1 amide bonds. The summed E-state index contributed by atoms with van der Waals surface area (Å²) in [5, 5.41) is 11.7. The second-order valence-electron chi connectivity index (χ2n) is 4.76. The van der Waals surface area contributed by atoms with Crippen LogP contribution in [0.15, 0.2) is 18.3 Å². The van der Waals surface area contributed by atoms with Crippen molar-refractivity contribution in [3.8, 4) is 5.88 Å². The lowest BCUT2D eigenvalue weighted by Crippen LogP contribution is -2.32. The van der Waals surface area contributed by atoms with E-state index in [1.807, 2.05) is 6.92 Å². The third kappa shape index (κ3) is 6.09. The summed E-state index contributed by atoms with van der Waals surface area (Å²) < 4.78 is 10.2. The molecular weight excluding hydrogens is 288 g/mol. The molecule has 0 aliphatic heterocycles. The van der Waals surface area contributed by atoms with Gasteiger partial charge in [-0.25, -0.2) is 4.98 Å². The number of aromatic nitrogens is 1. The summed E-state index contributed by atoms with van der Waals surface area (Å²) in [6.07, 6.45) is 2.74.